The standard InChI is InChI=1S/C14H19IN2/c1-10-4-5-11(15)9-13(10)16-12-6-8-17-7-2-3-14(12)17/h4-5,9,12,14,16H,2-3,6-8H2,1H3. The third-order valence-electron chi connectivity index (χ3n) is 4.15. The molecule has 2 atom stereocenters. The van der Waals surface area contributed by atoms with Crippen LogP contribution in [0.25, 0.3) is 0 Å². The van der Waals surface area contributed by atoms with Crippen LogP contribution in [-0.4, -0.2) is 30.1 Å². The van der Waals surface area contributed by atoms with Crippen molar-refractivity contribution in [2.75, 3.05) is 18.4 Å². The highest BCUT2D eigenvalue weighted by molar-refractivity contribution is 14.1. The molecule has 2 aliphatic heterocycles. The van der Waals surface area contributed by atoms with Gasteiger partial charge in [0.25, 0.3) is 0 Å². The van der Waals surface area contributed by atoms with Crippen LogP contribution in [0.3, 0.4) is 0 Å². The summed E-state index contributed by atoms with van der Waals surface area (Å²) < 4.78 is 1.32. The summed E-state index contributed by atoms with van der Waals surface area (Å²) in [6.07, 6.45) is 4.06. The molecule has 2 heterocycles. The SMILES string of the molecule is Cc1ccc(I)cc1NC1CCN2CCCC12. The van der Waals surface area contributed by atoms with Crippen LogP contribution in [0.4, 0.5) is 5.69 Å². The number of fused-ring (bicyclic) bond motifs is 1. The molecule has 0 bridgehead atoms. The average Bonchev–Trinajstić information content (AvgIpc) is 2.88. The lowest BCUT2D eigenvalue weighted by Gasteiger charge is -2.23. The van der Waals surface area contributed by atoms with Crippen molar-refractivity contribution in [2.24, 2.45) is 0 Å². The lowest BCUT2D eigenvalue weighted by molar-refractivity contribution is 0.318. The second-order valence-corrected chi connectivity index (χ2v) is 6.49. The highest BCUT2D eigenvalue weighted by atomic mass is 127. The first-order valence-electron chi connectivity index (χ1n) is 6.51. The fourth-order valence-corrected chi connectivity index (χ4v) is 3.69. The van der Waals surface area contributed by atoms with Gasteiger partial charge in [0.2, 0.25) is 0 Å². The summed E-state index contributed by atoms with van der Waals surface area (Å²) in [6, 6.07) is 8.11. The van der Waals surface area contributed by atoms with E-state index in [1.54, 1.807) is 0 Å². The van der Waals surface area contributed by atoms with Crippen LogP contribution in [0.5, 0.6) is 0 Å². The third kappa shape index (κ3) is 2.32. The minimum absolute atomic E-state index is 0.661. The Morgan fingerprint density at radius 1 is 1.29 bits per heavy atom. The molecule has 2 fully saturated rings. The Morgan fingerprint density at radius 3 is 3.06 bits per heavy atom. The summed E-state index contributed by atoms with van der Waals surface area (Å²) >= 11 is 2.39. The van der Waals surface area contributed by atoms with Crippen molar-refractivity contribution >= 4 is 28.3 Å². The molecule has 0 spiro atoms. The summed E-state index contributed by atoms with van der Waals surface area (Å²) in [5, 5.41) is 3.77. The van der Waals surface area contributed by atoms with Crippen molar-refractivity contribution in [3.05, 3.63) is 27.3 Å². The maximum atomic E-state index is 3.77. The van der Waals surface area contributed by atoms with E-state index in [2.05, 4.69) is 57.9 Å². The lowest BCUT2D eigenvalue weighted by atomic mass is 10.1. The molecule has 2 saturated heterocycles. The van der Waals surface area contributed by atoms with E-state index in [9.17, 15) is 0 Å². The first kappa shape index (κ1) is 11.8. The Bertz CT molecular complexity index is 419. The fourth-order valence-electron chi connectivity index (χ4n) is 3.20. The second kappa shape index (κ2) is 4.76. The molecule has 2 nitrogen and oxygen atoms in total. The monoisotopic (exact) mass is 342 g/mol. The zero-order chi connectivity index (χ0) is 11.8. The average molecular weight is 342 g/mol. The molecule has 3 rings (SSSR count). The van der Waals surface area contributed by atoms with E-state index in [0.717, 1.165) is 6.04 Å². The molecule has 0 aliphatic carbocycles. The number of halogens is 1. The van der Waals surface area contributed by atoms with Crippen molar-refractivity contribution < 1.29 is 0 Å². The first-order chi connectivity index (χ1) is 8.24. The Morgan fingerprint density at radius 2 is 2.18 bits per heavy atom. The van der Waals surface area contributed by atoms with Gasteiger partial charge in [-0.3, -0.25) is 4.90 Å². The van der Waals surface area contributed by atoms with Gasteiger partial charge in [-0.05, 0) is 73.0 Å². The maximum Gasteiger partial charge on any atom is 0.0429 e. The van der Waals surface area contributed by atoms with Gasteiger partial charge >= 0.3 is 0 Å². The third-order valence-corrected chi connectivity index (χ3v) is 4.82. The van der Waals surface area contributed by atoms with Crippen LogP contribution in [0.2, 0.25) is 0 Å². The van der Waals surface area contributed by atoms with Gasteiger partial charge in [-0.1, -0.05) is 6.07 Å². The Kier molecular flexibility index (Phi) is 3.30. The zero-order valence-electron chi connectivity index (χ0n) is 10.2. The molecule has 92 valence electrons. The molecule has 17 heavy (non-hydrogen) atoms. The molecule has 3 heteroatoms. The number of benzene rings is 1. The van der Waals surface area contributed by atoms with E-state index in [1.165, 1.54) is 47.2 Å². The quantitative estimate of drug-likeness (QED) is 0.830. The highest BCUT2D eigenvalue weighted by Crippen LogP contribution is 2.31. The van der Waals surface area contributed by atoms with Crippen molar-refractivity contribution in [1.29, 1.82) is 0 Å². The van der Waals surface area contributed by atoms with Gasteiger partial charge in [-0.25, -0.2) is 0 Å². The van der Waals surface area contributed by atoms with E-state index >= 15 is 0 Å². The summed E-state index contributed by atoms with van der Waals surface area (Å²) in [7, 11) is 0. The van der Waals surface area contributed by atoms with Crippen molar-refractivity contribution in [1.82, 2.24) is 4.90 Å². The number of rotatable bonds is 2. The topological polar surface area (TPSA) is 15.3 Å². The van der Waals surface area contributed by atoms with Crippen molar-refractivity contribution in [3.63, 3.8) is 0 Å². The van der Waals surface area contributed by atoms with Gasteiger partial charge in [0, 0.05) is 27.9 Å². The Hall–Kier alpha value is -0.290. The number of aryl methyl sites for hydroxylation is 1. The smallest absolute Gasteiger partial charge is 0.0429 e. The summed E-state index contributed by atoms with van der Waals surface area (Å²) in [5.74, 6) is 0. The van der Waals surface area contributed by atoms with Crippen LogP contribution in [0.15, 0.2) is 18.2 Å². The molecule has 1 N–H and O–H groups in total. The predicted octanol–water partition coefficient (Wildman–Crippen LogP) is 3.25. The van der Waals surface area contributed by atoms with Crippen molar-refractivity contribution in [2.45, 2.75) is 38.3 Å². The molecule has 2 unspecified atom stereocenters. The Labute approximate surface area is 117 Å². The molecular weight excluding hydrogens is 323 g/mol. The predicted molar refractivity (Wildman–Crippen MR) is 80.5 cm³/mol. The Balaban J connectivity index is 1.76. The fraction of sp³-hybridized carbons (Fsp3) is 0.571. The van der Waals surface area contributed by atoms with Crippen LogP contribution < -0.4 is 5.32 Å². The molecule has 0 radical (unpaired) electrons. The molecule has 0 amide bonds. The van der Waals surface area contributed by atoms with E-state index in [1.807, 2.05) is 0 Å². The van der Waals surface area contributed by atoms with Gasteiger partial charge in [-0.15, -0.1) is 0 Å². The minimum Gasteiger partial charge on any atom is -0.380 e. The van der Waals surface area contributed by atoms with Crippen LogP contribution in [0.1, 0.15) is 24.8 Å². The number of hydrogen-bond donors (Lipinski definition) is 1. The maximum absolute atomic E-state index is 3.77. The zero-order valence-corrected chi connectivity index (χ0v) is 12.4. The van der Waals surface area contributed by atoms with Gasteiger partial charge in [0.1, 0.15) is 0 Å². The van der Waals surface area contributed by atoms with E-state index in [0.29, 0.717) is 6.04 Å². The van der Waals surface area contributed by atoms with Gasteiger partial charge in [0.15, 0.2) is 0 Å². The number of nitrogens with zero attached hydrogens (tertiary/aromatic N) is 1. The lowest BCUT2D eigenvalue weighted by Crippen LogP contribution is -2.33. The summed E-state index contributed by atoms with van der Waals surface area (Å²) in [6.45, 7) is 4.79. The van der Waals surface area contributed by atoms with E-state index in [4.69, 9.17) is 0 Å². The van der Waals surface area contributed by atoms with Crippen LogP contribution >= 0.6 is 22.6 Å². The van der Waals surface area contributed by atoms with Gasteiger partial charge in [0.05, 0.1) is 0 Å². The minimum atomic E-state index is 0.661. The van der Waals surface area contributed by atoms with E-state index < -0.39 is 0 Å². The molecule has 0 aromatic heterocycles. The van der Waals surface area contributed by atoms with Crippen molar-refractivity contribution in [3.8, 4) is 0 Å². The van der Waals surface area contributed by atoms with Gasteiger partial charge in [-0.2, -0.15) is 0 Å². The van der Waals surface area contributed by atoms with Crippen LogP contribution in [0, 0.1) is 10.5 Å². The summed E-state index contributed by atoms with van der Waals surface area (Å²) in [4.78, 5) is 2.65. The molecular formula is C14H19IN2. The number of anilines is 1. The van der Waals surface area contributed by atoms with Gasteiger partial charge < -0.3 is 5.32 Å². The molecule has 1 aromatic carbocycles. The number of nitrogens with one attached hydrogen (secondary N) is 1. The van der Waals surface area contributed by atoms with E-state index in [-0.39, 0.29) is 0 Å². The highest BCUT2D eigenvalue weighted by Gasteiger charge is 2.37. The van der Waals surface area contributed by atoms with Crippen LogP contribution in [-0.2, 0) is 0 Å². The molecule has 1 aromatic rings. The molecule has 0 saturated carbocycles. The second-order valence-electron chi connectivity index (χ2n) is 5.24. The normalized spacial score (nSPS) is 28.4. The molecule has 2 aliphatic rings. The largest absolute Gasteiger partial charge is 0.380 e. The number of hydrogen-bond acceptors (Lipinski definition) is 2. The first-order valence-corrected chi connectivity index (χ1v) is 7.58. The summed E-state index contributed by atoms with van der Waals surface area (Å²) in [5.41, 5.74) is 2.69.